The van der Waals surface area contributed by atoms with Crippen LogP contribution >= 0.6 is 11.6 Å². The molecule has 0 spiro atoms. The Kier molecular flexibility index (Phi) is 6.19. The molecule has 0 amide bonds. The predicted octanol–water partition coefficient (Wildman–Crippen LogP) is 5.85. The highest BCUT2D eigenvalue weighted by atomic mass is 35.5. The second kappa shape index (κ2) is 8.14. The second-order valence-electron chi connectivity index (χ2n) is 5.20. The molecule has 0 aliphatic rings. The summed E-state index contributed by atoms with van der Waals surface area (Å²) < 4.78 is 11.5. The summed E-state index contributed by atoms with van der Waals surface area (Å²) in [5.74, 6) is 1.66. The number of benzene rings is 2. The zero-order valence-electron chi connectivity index (χ0n) is 12.8. The van der Waals surface area contributed by atoms with Gasteiger partial charge in [0.15, 0.2) is 0 Å². The van der Waals surface area contributed by atoms with Gasteiger partial charge in [-0.2, -0.15) is 0 Å². The summed E-state index contributed by atoms with van der Waals surface area (Å²) in [6.45, 7) is 5.77. The van der Waals surface area contributed by atoms with Crippen molar-refractivity contribution in [3.63, 3.8) is 0 Å². The van der Waals surface area contributed by atoms with Crippen LogP contribution in [0.15, 0.2) is 30.3 Å². The van der Waals surface area contributed by atoms with E-state index in [-0.39, 0.29) is 0 Å². The van der Waals surface area contributed by atoms with E-state index in [4.69, 9.17) is 21.1 Å². The summed E-state index contributed by atoms with van der Waals surface area (Å²) in [5.41, 5.74) is 0. The SMILES string of the molecule is CCCCOc1ccc2cc(OCCCC)c(Cl)cc2c1. The lowest BCUT2D eigenvalue weighted by atomic mass is 10.1. The minimum absolute atomic E-state index is 0.657. The molecule has 0 aliphatic heterocycles. The van der Waals surface area contributed by atoms with Crippen LogP contribution in [-0.4, -0.2) is 13.2 Å². The first-order valence-corrected chi connectivity index (χ1v) is 8.11. The van der Waals surface area contributed by atoms with E-state index in [1.165, 1.54) is 0 Å². The quantitative estimate of drug-likeness (QED) is 0.569. The van der Waals surface area contributed by atoms with Gasteiger partial charge in [-0.25, -0.2) is 0 Å². The molecule has 2 rings (SSSR count). The summed E-state index contributed by atoms with van der Waals surface area (Å²) >= 11 is 6.30. The number of unbranched alkanes of at least 4 members (excludes halogenated alkanes) is 2. The third kappa shape index (κ3) is 4.53. The Bertz CT molecular complexity index is 581. The van der Waals surface area contributed by atoms with Crippen LogP contribution in [0.1, 0.15) is 39.5 Å². The molecule has 2 aromatic rings. The van der Waals surface area contributed by atoms with Gasteiger partial charge in [0.25, 0.3) is 0 Å². The lowest BCUT2D eigenvalue weighted by Crippen LogP contribution is -1.98. The van der Waals surface area contributed by atoms with Gasteiger partial charge in [0, 0.05) is 0 Å². The number of rotatable bonds is 8. The fourth-order valence-corrected chi connectivity index (χ4v) is 2.31. The Balaban J connectivity index is 2.14. The average Bonchev–Trinajstić information content (AvgIpc) is 2.48. The lowest BCUT2D eigenvalue weighted by molar-refractivity contribution is 0.309. The minimum Gasteiger partial charge on any atom is -0.494 e. The van der Waals surface area contributed by atoms with E-state index < -0.39 is 0 Å². The van der Waals surface area contributed by atoms with E-state index in [1.807, 2.05) is 24.3 Å². The molecule has 0 saturated heterocycles. The largest absolute Gasteiger partial charge is 0.494 e. The average molecular weight is 307 g/mol. The van der Waals surface area contributed by atoms with Crippen molar-refractivity contribution in [1.29, 1.82) is 0 Å². The van der Waals surface area contributed by atoms with Crippen LogP contribution in [0.5, 0.6) is 11.5 Å². The molecule has 0 fully saturated rings. The number of halogens is 1. The first-order chi connectivity index (χ1) is 10.2. The molecular formula is C18H23ClO2. The van der Waals surface area contributed by atoms with Gasteiger partial charge in [-0.15, -0.1) is 0 Å². The molecule has 114 valence electrons. The normalized spacial score (nSPS) is 10.8. The first kappa shape index (κ1) is 16.0. The summed E-state index contributed by atoms with van der Waals surface area (Å²) in [7, 11) is 0. The molecule has 0 unspecified atom stereocenters. The summed E-state index contributed by atoms with van der Waals surface area (Å²) in [4.78, 5) is 0. The Labute approximate surface area is 132 Å². The van der Waals surface area contributed by atoms with E-state index in [1.54, 1.807) is 0 Å². The summed E-state index contributed by atoms with van der Waals surface area (Å²) in [6, 6.07) is 10.0. The first-order valence-electron chi connectivity index (χ1n) is 7.73. The van der Waals surface area contributed by atoms with Crippen LogP contribution in [0.3, 0.4) is 0 Å². The molecule has 21 heavy (non-hydrogen) atoms. The van der Waals surface area contributed by atoms with Gasteiger partial charge in [-0.1, -0.05) is 44.4 Å². The molecule has 0 atom stereocenters. The minimum atomic E-state index is 0.657. The third-order valence-electron chi connectivity index (χ3n) is 3.38. The smallest absolute Gasteiger partial charge is 0.138 e. The Morgan fingerprint density at radius 2 is 1.57 bits per heavy atom. The fraction of sp³-hybridized carbons (Fsp3) is 0.444. The van der Waals surface area contributed by atoms with Gasteiger partial charge in [-0.3, -0.25) is 0 Å². The maximum absolute atomic E-state index is 6.30. The van der Waals surface area contributed by atoms with Crippen molar-refractivity contribution < 1.29 is 9.47 Å². The fourth-order valence-electron chi connectivity index (χ4n) is 2.09. The van der Waals surface area contributed by atoms with Crippen molar-refractivity contribution in [3.8, 4) is 11.5 Å². The highest BCUT2D eigenvalue weighted by Gasteiger charge is 2.06. The zero-order chi connectivity index (χ0) is 15.1. The van der Waals surface area contributed by atoms with Crippen LogP contribution in [0.25, 0.3) is 10.8 Å². The predicted molar refractivity (Wildman–Crippen MR) is 89.8 cm³/mol. The maximum Gasteiger partial charge on any atom is 0.138 e. The highest BCUT2D eigenvalue weighted by molar-refractivity contribution is 6.32. The molecule has 0 radical (unpaired) electrons. The van der Waals surface area contributed by atoms with E-state index >= 15 is 0 Å². The number of hydrogen-bond acceptors (Lipinski definition) is 2. The van der Waals surface area contributed by atoms with Crippen molar-refractivity contribution in [1.82, 2.24) is 0 Å². The molecule has 0 heterocycles. The molecule has 0 aliphatic carbocycles. The van der Waals surface area contributed by atoms with Gasteiger partial charge in [0.05, 0.1) is 18.2 Å². The molecule has 2 aromatic carbocycles. The van der Waals surface area contributed by atoms with Gasteiger partial charge in [0.2, 0.25) is 0 Å². The molecule has 3 heteroatoms. The van der Waals surface area contributed by atoms with E-state index in [2.05, 4.69) is 19.9 Å². The Morgan fingerprint density at radius 3 is 2.29 bits per heavy atom. The van der Waals surface area contributed by atoms with E-state index in [0.29, 0.717) is 11.6 Å². The second-order valence-corrected chi connectivity index (χ2v) is 5.60. The third-order valence-corrected chi connectivity index (χ3v) is 3.68. The van der Waals surface area contributed by atoms with Crippen LogP contribution < -0.4 is 9.47 Å². The monoisotopic (exact) mass is 306 g/mol. The standard InChI is InChI=1S/C18H23ClO2/c1-3-5-9-20-16-8-7-14-13-18(21-10-6-4-2)17(19)12-15(14)11-16/h7-8,11-13H,3-6,9-10H2,1-2H3. The zero-order valence-corrected chi connectivity index (χ0v) is 13.6. The van der Waals surface area contributed by atoms with Crippen LogP contribution in [0.2, 0.25) is 5.02 Å². The van der Waals surface area contributed by atoms with Crippen LogP contribution in [0.4, 0.5) is 0 Å². The topological polar surface area (TPSA) is 18.5 Å². The molecule has 0 aromatic heterocycles. The van der Waals surface area contributed by atoms with E-state index in [0.717, 1.165) is 54.6 Å². The van der Waals surface area contributed by atoms with Crippen molar-refractivity contribution in [2.75, 3.05) is 13.2 Å². The van der Waals surface area contributed by atoms with Crippen molar-refractivity contribution >= 4 is 22.4 Å². The summed E-state index contributed by atoms with van der Waals surface area (Å²) in [6.07, 6.45) is 4.36. The van der Waals surface area contributed by atoms with Crippen LogP contribution in [0, 0.1) is 0 Å². The van der Waals surface area contributed by atoms with Crippen molar-refractivity contribution in [2.45, 2.75) is 39.5 Å². The van der Waals surface area contributed by atoms with Crippen LogP contribution in [-0.2, 0) is 0 Å². The number of ether oxygens (including phenoxy) is 2. The highest BCUT2D eigenvalue weighted by Crippen LogP contribution is 2.32. The number of hydrogen-bond donors (Lipinski definition) is 0. The van der Waals surface area contributed by atoms with Gasteiger partial charge in [-0.05, 0) is 47.9 Å². The molecule has 0 saturated carbocycles. The Morgan fingerprint density at radius 1 is 0.857 bits per heavy atom. The summed E-state index contributed by atoms with van der Waals surface area (Å²) in [5, 5.41) is 2.86. The number of fused-ring (bicyclic) bond motifs is 1. The lowest BCUT2D eigenvalue weighted by Gasteiger charge is -2.10. The molecule has 0 N–H and O–H groups in total. The molecule has 0 bridgehead atoms. The van der Waals surface area contributed by atoms with Gasteiger partial charge < -0.3 is 9.47 Å². The van der Waals surface area contributed by atoms with Crippen molar-refractivity contribution in [2.24, 2.45) is 0 Å². The Hall–Kier alpha value is -1.41. The molecule has 2 nitrogen and oxygen atoms in total. The van der Waals surface area contributed by atoms with Gasteiger partial charge >= 0.3 is 0 Å². The molecular weight excluding hydrogens is 284 g/mol. The van der Waals surface area contributed by atoms with Gasteiger partial charge in [0.1, 0.15) is 11.5 Å². The van der Waals surface area contributed by atoms with E-state index in [9.17, 15) is 0 Å². The maximum atomic E-state index is 6.30. The van der Waals surface area contributed by atoms with Crippen molar-refractivity contribution in [3.05, 3.63) is 35.4 Å².